The standard InChI is InChI=1S/C43H53N4O9P/c1-29(2)47(30(3)4)57(54-26-12-24-44)56-42-23-11-25-52-38(42)40(46-27-31(5)39(48)45-41(46)49)55-37(42)28-53-43(32-13-9-8-10-14-32,33-15-19-35(50-6)20-16-33)34-17-21-36(51-7)22-18-34/h8-10,13-22,27,29-30,37-38,40H,11-12,23,25-26,28H2,1-7H3,(H,45,48,49)/t37-,38-,40-,42-,57?/m1/s1. The van der Waals surface area contributed by atoms with Crippen molar-refractivity contribution in [1.29, 1.82) is 5.26 Å². The second-order valence-corrected chi connectivity index (χ2v) is 16.2. The molecule has 4 aromatic rings. The highest BCUT2D eigenvalue weighted by molar-refractivity contribution is 7.44. The minimum atomic E-state index is -1.80. The molecule has 0 saturated carbocycles. The molecule has 13 nitrogen and oxygen atoms in total. The highest BCUT2D eigenvalue weighted by Crippen LogP contribution is 2.57. The van der Waals surface area contributed by atoms with Gasteiger partial charge in [0.25, 0.3) is 14.1 Å². The maximum absolute atomic E-state index is 13.5. The van der Waals surface area contributed by atoms with Crippen molar-refractivity contribution in [3.8, 4) is 17.6 Å². The molecule has 0 amide bonds. The Morgan fingerprint density at radius 3 is 2.11 bits per heavy atom. The Morgan fingerprint density at radius 2 is 1.54 bits per heavy atom. The van der Waals surface area contributed by atoms with E-state index in [-0.39, 0.29) is 31.7 Å². The van der Waals surface area contributed by atoms with Crippen LogP contribution in [0.25, 0.3) is 0 Å². The van der Waals surface area contributed by atoms with Gasteiger partial charge in [0.05, 0.1) is 39.9 Å². The van der Waals surface area contributed by atoms with Crippen LogP contribution in [0, 0.1) is 18.3 Å². The molecule has 1 N–H and O–H groups in total. The topological polar surface area (TPSA) is 147 Å². The molecule has 2 fully saturated rings. The zero-order valence-corrected chi connectivity index (χ0v) is 34.6. The van der Waals surface area contributed by atoms with E-state index in [0.717, 1.165) is 16.7 Å². The second-order valence-electron chi connectivity index (χ2n) is 14.8. The second kappa shape index (κ2) is 18.5. The van der Waals surface area contributed by atoms with E-state index in [4.69, 9.17) is 32.7 Å². The van der Waals surface area contributed by atoms with Crippen LogP contribution in [0.15, 0.2) is 94.6 Å². The molecule has 2 aliphatic rings. The van der Waals surface area contributed by atoms with E-state index in [1.165, 1.54) is 10.8 Å². The molecule has 1 aromatic heterocycles. The van der Waals surface area contributed by atoms with Crippen molar-refractivity contribution < 1.29 is 32.7 Å². The molecule has 14 heteroatoms. The third-order valence-electron chi connectivity index (χ3n) is 10.6. The van der Waals surface area contributed by atoms with Gasteiger partial charge in [0.1, 0.15) is 34.9 Å². The Bertz CT molecular complexity index is 2030. The van der Waals surface area contributed by atoms with E-state index in [1.54, 1.807) is 21.1 Å². The molecule has 1 unspecified atom stereocenters. The van der Waals surface area contributed by atoms with Crippen molar-refractivity contribution in [2.45, 2.75) is 95.6 Å². The summed E-state index contributed by atoms with van der Waals surface area (Å²) < 4.78 is 49.4. The number of hydrogen-bond donors (Lipinski definition) is 1. The number of nitrogens with zero attached hydrogens (tertiary/aromatic N) is 3. The van der Waals surface area contributed by atoms with Crippen molar-refractivity contribution in [2.75, 3.05) is 34.0 Å². The molecule has 2 saturated heterocycles. The van der Waals surface area contributed by atoms with Crippen molar-refractivity contribution in [2.24, 2.45) is 0 Å². The lowest BCUT2D eigenvalue weighted by Gasteiger charge is -2.46. The smallest absolute Gasteiger partial charge is 0.330 e. The van der Waals surface area contributed by atoms with Crippen molar-refractivity contribution in [3.05, 3.63) is 128 Å². The van der Waals surface area contributed by atoms with Gasteiger partial charge in [-0.1, -0.05) is 54.6 Å². The highest BCUT2D eigenvalue weighted by atomic mass is 31.2. The molecule has 6 rings (SSSR count). The zero-order chi connectivity index (χ0) is 40.7. The summed E-state index contributed by atoms with van der Waals surface area (Å²) in [6.07, 6.45) is 0.194. The summed E-state index contributed by atoms with van der Waals surface area (Å²) in [6, 6.07) is 27.7. The van der Waals surface area contributed by atoms with Crippen LogP contribution in [0.5, 0.6) is 11.5 Å². The van der Waals surface area contributed by atoms with E-state index in [2.05, 4.69) is 43.4 Å². The van der Waals surface area contributed by atoms with Gasteiger partial charge in [0.15, 0.2) is 6.23 Å². The quantitative estimate of drug-likeness (QED) is 0.0671. The number of ether oxygens (including phenoxy) is 5. The van der Waals surface area contributed by atoms with Crippen LogP contribution < -0.4 is 20.7 Å². The van der Waals surface area contributed by atoms with E-state index in [9.17, 15) is 14.9 Å². The van der Waals surface area contributed by atoms with Gasteiger partial charge in [0.2, 0.25) is 0 Å². The summed E-state index contributed by atoms with van der Waals surface area (Å²) in [5.41, 5.74) is -0.622. The molecule has 0 radical (unpaired) electrons. The molecule has 3 heterocycles. The number of nitrogens with one attached hydrogen (secondary N) is 1. The first-order valence-corrected chi connectivity index (χ1v) is 20.5. The first-order chi connectivity index (χ1) is 27.5. The number of aryl methyl sites for hydroxylation is 1. The third kappa shape index (κ3) is 8.59. The van der Waals surface area contributed by atoms with E-state index in [0.29, 0.717) is 36.5 Å². The molecular formula is C43H53N4O9P. The first-order valence-electron chi connectivity index (χ1n) is 19.3. The maximum Gasteiger partial charge on any atom is 0.330 e. The van der Waals surface area contributed by atoms with Gasteiger partial charge < -0.3 is 32.7 Å². The van der Waals surface area contributed by atoms with Crippen LogP contribution in [0.4, 0.5) is 0 Å². The maximum atomic E-state index is 13.5. The number of rotatable bonds is 17. The zero-order valence-electron chi connectivity index (χ0n) is 33.7. The average Bonchev–Trinajstić information content (AvgIpc) is 3.53. The molecule has 0 spiro atoms. The van der Waals surface area contributed by atoms with Crippen molar-refractivity contribution >= 4 is 8.53 Å². The van der Waals surface area contributed by atoms with Crippen LogP contribution in [-0.4, -0.2) is 78.2 Å². The largest absolute Gasteiger partial charge is 0.497 e. The number of nitriles is 1. The number of fused-ring (bicyclic) bond motifs is 1. The monoisotopic (exact) mass is 800 g/mol. The number of hydrogen-bond acceptors (Lipinski definition) is 11. The summed E-state index contributed by atoms with van der Waals surface area (Å²) in [6.45, 7) is 10.5. The van der Waals surface area contributed by atoms with Gasteiger partial charge in [-0.15, -0.1) is 0 Å². The van der Waals surface area contributed by atoms with Gasteiger partial charge in [-0.2, -0.15) is 5.26 Å². The SMILES string of the molecule is COc1ccc(C(OC[C@H]2O[C@@H](n3cc(C)c(=O)[nH]c3=O)[C@H]3OCCC[C@]32OP(OCCC#N)N(C(C)C)C(C)C)(c2ccccc2)c2ccc(OC)cc2)cc1. The molecule has 304 valence electrons. The number of aromatic nitrogens is 2. The van der Waals surface area contributed by atoms with Crippen LogP contribution in [-0.2, 0) is 28.9 Å². The number of benzene rings is 3. The van der Waals surface area contributed by atoms with Gasteiger partial charge in [-0.3, -0.25) is 14.3 Å². The van der Waals surface area contributed by atoms with E-state index >= 15 is 0 Å². The number of H-pyrrole nitrogens is 1. The Balaban J connectivity index is 1.53. The fourth-order valence-electron chi connectivity index (χ4n) is 7.89. The lowest BCUT2D eigenvalue weighted by Crippen LogP contribution is -2.56. The van der Waals surface area contributed by atoms with E-state index in [1.807, 2.05) is 78.9 Å². The predicted molar refractivity (Wildman–Crippen MR) is 216 cm³/mol. The third-order valence-corrected chi connectivity index (χ3v) is 12.8. The van der Waals surface area contributed by atoms with Gasteiger partial charge in [-0.05, 0) is 88.4 Å². The van der Waals surface area contributed by atoms with Crippen molar-refractivity contribution in [1.82, 2.24) is 14.2 Å². The Kier molecular flexibility index (Phi) is 13.7. The summed E-state index contributed by atoms with van der Waals surface area (Å²) in [5.74, 6) is 1.39. The molecule has 5 atom stereocenters. The molecule has 3 aromatic carbocycles. The lowest BCUT2D eigenvalue weighted by atomic mass is 9.79. The highest BCUT2D eigenvalue weighted by Gasteiger charge is 2.63. The van der Waals surface area contributed by atoms with Crippen LogP contribution in [0.2, 0.25) is 0 Å². The minimum absolute atomic E-state index is 0.0192. The number of methoxy groups -OCH3 is 2. The van der Waals surface area contributed by atoms with Gasteiger partial charge in [-0.25, -0.2) is 9.46 Å². The summed E-state index contributed by atoms with van der Waals surface area (Å²) in [4.78, 5) is 28.5. The Hall–Kier alpha value is -4.38. The summed E-state index contributed by atoms with van der Waals surface area (Å²) in [5, 5.41) is 9.46. The van der Waals surface area contributed by atoms with Crippen LogP contribution in [0.3, 0.4) is 0 Å². The summed E-state index contributed by atoms with van der Waals surface area (Å²) in [7, 11) is 1.46. The van der Waals surface area contributed by atoms with Gasteiger partial charge >= 0.3 is 5.69 Å². The minimum Gasteiger partial charge on any atom is -0.497 e. The van der Waals surface area contributed by atoms with Crippen LogP contribution in [0.1, 0.15) is 75.4 Å². The Labute approximate surface area is 335 Å². The molecule has 0 aliphatic carbocycles. The number of aromatic amines is 1. The summed E-state index contributed by atoms with van der Waals surface area (Å²) >= 11 is 0. The molecular weight excluding hydrogens is 747 g/mol. The fraction of sp³-hybridized carbons (Fsp3) is 0.465. The Morgan fingerprint density at radius 1 is 0.947 bits per heavy atom. The molecule has 57 heavy (non-hydrogen) atoms. The molecule has 2 aliphatic heterocycles. The fourth-order valence-corrected chi connectivity index (χ4v) is 9.78. The normalized spacial score (nSPS) is 21.4. The predicted octanol–water partition coefficient (Wildman–Crippen LogP) is 6.98. The molecule has 0 bridgehead atoms. The average molecular weight is 801 g/mol. The van der Waals surface area contributed by atoms with E-state index < -0.39 is 49.4 Å². The van der Waals surface area contributed by atoms with Crippen molar-refractivity contribution in [3.63, 3.8) is 0 Å². The first kappa shape index (κ1) is 42.2. The lowest BCUT2D eigenvalue weighted by molar-refractivity contribution is -0.145. The van der Waals surface area contributed by atoms with Gasteiger partial charge in [0, 0.05) is 30.5 Å². The van der Waals surface area contributed by atoms with Crippen LogP contribution >= 0.6 is 8.53 Å².